The summed E-state index contributed by atoms with van der Waals surface area (Å²) in [6.07, 6.45) is 2.67. The Bertz CT molecular complexity index is 925. The highest BCUT2D eigenvalue weighted by Crippen LogP contribution is 2.31. The highest BCUT2D eigenvalue weighted by atomic mass is 35.5. The molecule has 3 heterocycles. The Morgan fingerprint density at radius 3 is 3.04 bits per heavy atom. The second-order valence-corrected chi connectivity index (χ2v) is 7.44. The Morgan fingerprint density at radius 2 is 2.27 bits per heavy atom. The van der Waals surface area contributed by atoms with Crippen LogP contribution in [-0.4, -0.2) is 35.2 Å². The van der Waals surface area contributed by atoms with Crippen LogP contribution in [0.3, 0.4) is 0 Å². The topological polar surface area (TPSA) is 71.3 Å². The molecule has 4 rings (SSSR count). The fraction of sp³-hybridized carbons (Fsp3) is 0.278. The first kappa shape index (κ1) is 17.1. The van der Waals surface area contributed by atoms with E-state index in [4.69, 9.17) is 16.1 Å². The van der Waals surface area contributed by atoms with E-state index in [0.717, 1.165) is 24.6 Å². The molecule has 134 valence electrons. The number of aryl methyl sites for hydroxylation is 1. The van der Waals surface area contributed by atoms with Crippen LogP contribution < -0.4 is 10.2 Å². The van der Waals surface area contributed by atoms with E-state index in [1.165, 1.54) is 0 Å². The summed E-state index contributed by atoms with van der Waals surface area (Å²) in [5.41, 5.74) is 1.60. The molecule has 0 radical (unpaired) electrons. The lowest BCUT2D eigenvalue weighted by Crippen LogP contribution is -2.37. The van der Waals surface area contributed by atoms with Gasteiger partial charge in [-0.3, -0.25) is 4.79 Å². The van der Waals surface area contributed by atoms with E-state index in [2.05, 4.69) is 20.4 Å². The molecular formula is C18H17ClN4O2S. The van der Waals surface area contributed by atoms with Gasteiger partial charge in [0.25, 0.3) is 5.91 Å². The summed E-state index contributed by atoms with van der Waals surface area (Å²) in [6.45, 7) is 3.35. The van der Waals surface area contributed by atoms with Gasteiger partial charge in [0, 0.05) is 36.3 Å². The lowest BCUT2D eigenvalue weighted by molar-refractivity contribution is 0.0939. The molecule has 1 N–H and O–H groups in total. The van der Waals surface area contributed by atoms with Gasteiger partial charge in [0.15, 0.2) is 5.13 Å². The van der Waals surface area contributed by atoms with Crippen molar-refractivity contribution >= 4 is 34.0 Å². The summed E-state index contributed by atoms with van der Waals surface area (Å²) in [5, 5.41) is 10.6. The summed E-state index contributed by atoms with van der Waals surface area (Å²) in [7, 11) is 0. The van der Waals surface area contributed by atoms with Crippen molar-refractivity contribution in [3.05, 3.63) is 52.2 Å². The van der Waals surface area contributed by atoms with Crippen molar-refractivity contribution < 1.29 is 9.32 Å². The number of carbonyl (C=O) groups is 1. The Labute approximate surface area is 159 Å². The van der Waals surface area contributed by atoms with E-state index >= 15 is 0 Å². The van der Waals surface area contributed by atoms with Crippen molar-refractivity contribution in [3.8, 4) is 11.3 Å². The van der Waals surface area contributed by atoms with E-state index in [-0.39, 0.29) is 11.9 Å². The van der Waals surface area contributed by atoms with Crippen LogP contribution in [0.15, 0.2) is 40.4 Å². The van der Waals surface area contributed by atoms with Gasteiger partial charge >= 0.3 is 0 Å². The minimum Gasteiger partial charge on any atom is -0.360 e. The maximum atomic E-state index is 12.9. The van der Waals surface area contributed by atoms with E-state index in [1.807, 2.05) is 23.6 Å². The molecule has 1 saturated heterocycles. The molecule has 3 aromatic rings. The van der Waals surface area contributed by atoms with Crippen LogP contribution in [0.25, 0.3) is 11.3 Å². The van der Waals surface area contributed by atoms with Crippen molar-refractivity contribution in [2.45, 2.75) is 19.4 Å². The average molecular weight is 389 g/mol. The number of thiazole rings is 1. The number of benzene rings is 1. The molecule has 26 heavy (non-hydrogen) atoms. The maximum absolute atomic E-state index is 12.9. The van der Waals surface area contributed by atoms with Crippen LogP contribution in [0.5, 0.6) is 0 Å². The number of hydrogen-bond acceptors (Lipinski definition) is 6. The predicted molar refractivity (Wildman–Crippen MR) is 102 cm³/mol. The molecule has 1 fully saturated rings. The maximum Gasteiger partial charge on any atom is 0.257 e. The number of amides is 1. The van der Waals surface area contributed by atoms with Crippen molar-refractivity contribution in [2.24, 2.45) is 0 Å². The molecule has 2 aromatic heterocycles. The molecule has 0 bridgehead atoms. The predicted octanol–water partition coefficient (Wildman–Crippen LogP) is 3.77. The van der Waals surface area contributed by atoms with Crippen LogP contribution in [-0.2, 0) is 0 Å². The van der Waals surface area contributed by atoms with Gasteiger partial charge in [-0.25, -0.2) is 4.98 Å². The van der Waals surface area contributed by atoms with Gasteiger partial charge in [-0.1, -0.05) is 35.0 Å². The first-order chi connectivity index (χ1) is 12.6. The van der Waals surface area contributed by atoms with Crippen molar-refractivity contribution in [1.29, 1.82) is 0 Å². The molecule has 1 atom stereocenters. The van der Waals surface area contributed by atoms with Crippen LogP contribution in [0.2, 0.25) is 5.02 Å². The van der Waals surface area contributed by atoms with Gasteiger partial charge in [-0.05, 0) is 19.4 Å². The van der Waals surface area contributed by atoms with Gasteiger partial charge < -0.3 is 14.7 Å². The van der Waals surface area contributed by atoms with E-state index < -0.39 is 0 Å². The lowest BCUT2D eigenvalue weighted by Gasteiger charge is -2.16. The molecule has 1 aromatic carbocycles. The third kappa shape index (κ3) is 3.20. The Hall–Kier alpha value is -2.38. The molecule has 6 nitrogen and oxygen atoms in total. The van der Waals surface area contributed by atoms with Gasteiger partial charge in [0.1, 0.15) is 17.0 Å². The summed E-state index contributed by atoms with van der Waals surface area (Å²) in [4.78, 5) is 19.4. The zero-order valence-electron chi connectivity index (χ0n) is 14.1. The largest absolute Gasteiger partial charge is 0.360 e. The smallest absolute Gasteiger partial charge is 0.257 e. The van der Waals surface area contributed by atoms with E-state index in [0.29, 0.717) is 27.6 Å². The Kier molecular flexibility index (Phi) is 4.65. The lowest BCUT2D eigenvalue weighted by atomic mass is 10.1. The molecule has 1 amide bonds. The number of aromatic nitrogens is 2. The molecule has 1 aliphatic rings. The van der Waals surface area contributed by atoms with E-state index in [9.17, 15) is 4.79 Å². The van der Waals surface area contributed by atoms with Crippen molar-refractivity contribution in [1.82, 2.24) is 15.5 Å². The average Bonchev–Trinajstić information content (AvgIpc) is 3.35. The Morgan fingerprint density at radius 1 is 1.42 bits per heavy atom. The number of hydrogen-bond donors (Lipinski definition) is 1. The van der Waals surface area contributed by atoms with Crippen LogP contribution >= 0.6 is 22.9 Å². The van der Waals surface area contributed by atoms with Gasteiger partial charge in [-0.2, -0.15) is 0 Å². The standard InChI is InChI=1S/C18H17ClN4O2S/c1-11-15(16(22-25-11)13-4-2-3-5-14(13)19)17(24)21-12-6-8-23(10-12)18-20-7-9-26-18/h2-5,7,9,12H,6,8,10H2,1H3,(H,21,24). The fourth-order valence-corrected chi connectivity index (χ4v) is 4.06. The highest BCUT2D eigenvalue weighted by Gasteiger charge is 2.29. The molecule has 0 spiro atoms. The second kappa shape index (κ2) is 7.09. The molecule has 1 aliphatic heterocycles. The first-order valence-corrected chi connectivity index (χ1v) is 9.55. The van der Waals surface area contributed by atoms with Crippen molar-refractivity contribution in [3.63, 3.8) is 0 Å². The zero-order chi connectivity index (χ0) is 18.1. The summed E-state index contributed by atoms with van der Waals surface area (Å²) >= 11 is 7.87. The monoisotopic (exact) mass is 388 g/mol. The Balaban J connectivity index is 1.53. The van der Waals surface area contributed by atoms with Crippen LogP contribution in [0.1, 0.15) is 22.5 Å². The SMILES string of the molecule is Cc1onc(-c2ccccc2Cl)c1C(=O)NC1CCN(c2nccs2)C1. The highest BCUT2D eigenvalue weighted by molar-refractivity contribution is 7.13. The molecule has 0 aliphatic carbocycles. The quantitative estimate of drug-likeness (QED) is 0.736. The zero-order valence-corrected chi connectivity index (χ0v) is 15.7. The van der Waals surface area contributed by atoms with Gasteiger partial charge in [-0.15, -0.1) is 11.3 Å². The normalized spacial score (nSPS) is 16.8. The number of carbonyl (C=O) groups excluding carboxylic acids is 1. The third-order valence-corrected chi connectivity index (χ3v) is 5.59. The third-order valence-electron chi connectivity index (χ3n) is 4.43. The summed E-state index contributed by atoms with van der Waals surface area (Å²) in [5.74, 6) is 0.289. The summed E-state index contributed by atoms with van der Waals surface area (Å²) in [6, 6.07) is 7.35. The number of nitrogens with one attached hydrogen (secondary N) is 1. The van der Waals surface area contributed by atoms with Gasteiger partial charge in [0.2, 0.25) is 0 Å². The fourth-order valence-electron chi connectivity index (χ4n) is 3.16. The molecule has 8 heteroatoms. The molecule has 0 saturated carbocycles. The number of halogens is 1. The first-order valence-electron chi connectivity index (χ1n) is 8.30. The number of anilines is 1. The number of rotatable bonds is 4. The van der Waals surface area contributed by atoms with Crippen LogP contribution in [0, 0.1) is 6.92 Å². The molecular weight excluding hydrogens is 372 g/mol. The second-order valence-electron chi connectivity index (χ2n) is 6.16. The van der Waals surface area contributed by atoms with Crippen LogP contribution in [0.4, 0.5) is 5.13 Å². The minimum absolute atomic E-state index is 0.0554. The minimum atomic E-state index is -0.190. The summed E-state index contributed by atoms with van der Waals surface area (Å²) < 4.78 is 5.28. The van der Waals surface area contributed by atoms with Gasteiger partial charge in [0.05, 0.1) is 5.02 Å². The number of nitrogens with zero attached hydrogens (tertiary/aromatic N) is 3. The van der Waals surface area contributed by atoms with Crippen molar-refractivity contribution in [2.75, 3.05) is 18.0 Å². The molecule has 1 unspecified atom stereocenters. The van der Waals surface area contributed by atoms with E-state index in [1.54, 1.807) is 30.5 Å².